The minimum atomic E-state index is -1.20. The molecule has 3 aromatic rings. The van der Waals surface area contributed by atoms with Crippen LogP contribution < -0.4 is 9.47 Å². The van der Waals surface area contributed by atoms with E-state index in [1.54, 1.807) is 60.7 Å². The average molecular weight is 540 g/mol. The number of aliphatic carboxylic acids is 1. The number of hydrogen-bond donors (Lipinski definition) is 1. The zero-order valence-electron chi connectivity index (χ0n) is 19.2. The summed E-state index contributed by atoms with van der Waals surface area (Å²) >= 11 is 12.7. The molecule has 36 heavy (non-hydrogen) atoms. The second-order valence-electron chi connectivity index (χ2n) is 7.72. The van der Waals surface area contributed by atoms with Gasteiger partial charge in [-0.05, 0) is 42.3 Å². The number of halogens is 1. The number of carbonyl (C=O) groups excluding carboxylic acids is 1. The Morgan fingerprint density at radius 3 is 2.50 bits per heavy atom. The number of carboxylic acid groups (broad SMARTS) is 1. The van der Waals surface area contributed by atoms with Crippen LogP contribution in [-0.2, 0) is 16.2 Å². The summed E-state index contributed by atoms with van der Waals surface area (Å²) < 4.78 is 11.9. The van der Waals surface area contributed by atoms with E-state index in [1.807, 2.05) is 25.1 Å². The van der Waals surface area contributed by atoms with E-state index >= 15 is 0 Å². The molecule has 0 saturated carbocycles. The molecule has 4 rings (SSSR count). The lowest BCUT2D eigenvalue weighted by atomic mass is 10.1. The molecule has 0 aliphatic carbocycles. The number of rotatable bonds is 9. The summed E-state index contributed by atoms with van der Waals surface area (Å²) in [4.78, 5) is 26.8. The van der Waals surface area contributed by atoms with Crippen molar-refractivity contribution in [3.05, 3.63) is 99.4 Å². The third-order valence-electron chi connectivity index (χ3n) is 5.34. The van der Waals surface area contributed by atoms with Gasteiger partial charge in [-0.3, -0.25) is 9.69 Å². The molecule has 0 spiro atoms. The van der Waals surface area contributed by atoms with Gasteiger partial charge in [0.15, 0.2) is 17.5 Å². The Bertz CT molecular complexity index is 1330. The molecular weight excluding hydrogens is 518 g/mol. The highest BCUT2D eigenvalue weighted by Crippen LogP contribution is 2.39. The van der Waals surface area contributed by atoms with E-state index in [0.717, 1.165) is 22.2 Å². The highest BCUT2D eigenvalue weighted by Gasteiger charge is 2.41. The molecular formula is C27H22ClNO5S2. The van der Waals surface area contributed by atoms with Gasteiger partial charge < -0.3 is 14.6 Å². The number of thioether (sulfide) groups is 1. The number of nitrogens with zero attached hydrogens (tertiary/aromatic N) is 1. The Morgan fingerprint density at radius 1 is 1.08 bits per heavy atom. The number of benzene rings is 3. The first-order chi connectivity index (χ1) is 17.4. The molecule has 1 N–H and O–H groups in total. The van der Waals surface area contributed by atoms with Crippen LogP contribution >= 0.6 is 35.6 Å². The van der Waals surface area contributed by atoms with Crippen LogP contribution in [0.15, 0.2) is 77.7 Å². The maximum Gasteiger partial charge on any atom is 0.331 e. The van der Waals surface area contributed by atoms with Crippen molar-refractivity contribution >= 4 is 57.9 Å². The molecule has 9 heteroatoms. The third-order valence-corrected chi connectivity index (χ3v) is 7.04. The molecule has 0 aromatic heterocycles. The zero-order valence-corrected chi connectivity index (χ0v) is 21.6. The second-order valence-corrected chi connectivity index (χ2v) is 9.81. The number of amides is 1. The van der Waals surface area contributed by atoms with Crippen molar-refractivity contribution in [1.29, 1.82) is 0 Å². The highest BCUT2D eigenvalue weighted by molar-refractivity contribution is 8.26. The Kier molecular flexibility index (Phi) is 8.30. The minimum absolute atomic E-state index is 0.187. The van der Waals surface area contributed by atoms with Crippen molar-refractivity contribution < 1.29 is 24.2 Å². The molecule has 6 nitrogen and oxygen atoms in total. The minimum Gasteiger partial charge on any atom is -0.490 e. The molecule has 1 atom stereocenters. The predicted octanol–water partition coefficient (Wildman–Crippen LogP) is 6.34. The van der Waals surface area contributed by atoms with Gasteiger partial charge in [0.05, 0.1) is 11.5 Å². The normalized spacial score (nSPS) is 15.3. The lowest BCUT2D eigenvalue weighted by Gasteiger charge is -2.23. The van der Waals surface area contributed by atoms with Crippen LogP contribution in [0, 0.1) is 0 Å². The first kappa shape index (κ1) is 25.8. The second kappa shape index (κ2) is 11.6. The first-order valence-corrected chi connectivity index (χ1v) is 12.7. The first-order valence-electron chi connectivity index (χ1n) is 11.1. The Hall–Kier alpha value is -3.33. The summed E-state index contributed by atoms with van der Waals surface area (Å²) in [5, 5.41) is 10.5. The maximum absolute atomic E-state index is 13.2. The summed E-state index contributed by atoms with van der Waals surface area (Å²) in [7, 11) is 0. The van der Waals surface area contributed by atoms with E-state index in [1.165, 1.54) is 0 Å². The van der Waals surface area contributed by atoms with Gasteiger partial charge in [-0.2, -0.15) is 0 Å². The summed E-state index contributed by atoms with van der Waals surface area (Å²) in [6.07, 6.45) is 1.67. The predicted molar refractivity (Wildman–Crippen MR) is 145 cm³/mol. The molecule has 1 fully saturated rings. The van der Waals surface area contributed by atoms with Crippen LogP contribution in [0.3, 0.4) is 0 Å². The quantitative estimate of drug-likeness (QED) is 0.251. The van der Waals surface area contributed by atoms with Gasteiger partial charge in [-0.1, -0.05) is 90.2 Å². The van der Waals surface area contributed by atoms with Crippen LogP contribution in [0.25, 0.3) is 6.08 Å². The molecule has 3 aromatic carbocycles. The topological polar surface area (TPSA) is 76.1 Å². The van der Waals surface area contributed by atoms with Gasteiger partial charge >= 0.3 is 5.97 Å². The average Bonchev–Trinajstić information content (AvgIpc) is 3.13. The van der Waals surface area contributed by atoms with Crippen LogP contribution in [0.1, 0.15) is 29.7 Å². The van der Waals surface area contributed by atoms with E-state index < -0.39 is 17.9 Å². The fourth-order valence-corrected chi connectivity index (χ4v) is 5.17. The lowest BCUT2D eigenvalue weighted by Crippen LogP contribution is -2.37. The zero-order chi connectivity index (χ0) is 25.7. The Labute approximate surface area is 223 Å². The summed E-state index contributed by atoms with van der Waals surface area (Å²) in [6, 6.07) is 20.1. The maximum atomic E-state index is 13.2. The third kappa shape index (κ3) is 5.73. The molecule has 1 saturated heterocycles. The summed E-state index contributed by atoms with van der Waals surface area (Å²) in [6.45, 7) is 2.56. The van der Waals surface area contributed by atoms with Crippen molar-refractivity contribution in [3.8, 4) is 11.5 Å². The SMILES string of the molecule is CCOc1cc(/C=C2\SC(=S)N([C@@H](C(=O)O)c3ccccc3)C2=O)ccc1OCc1ccccc1Cl. The van der Waals surface area contributed by atoms with Crippen molar-refractivity contribution in [2.24, 2.45) is 0 Å². The van der Waals surface area contributed by atoms with Gasteiger partial charge in [-0.15, -0.1) is 0 Å². The van der Waals surface area contributed by atoms with Gasteiger partial charge in [0.25, 0.3) is 5.91 Å². The molecule has 1 heterocycles. The van der Waals surface area contributed by atoms with Crippen LogP contribution in [0.4, 0.5) is 0 Å². The van der Waals surface area contributed by atoms with Gasteiger partial charge in [0.1, 0.15) is 10.9 Å². The Morgan fingerprint density at radius 2 is 1.81 bits per heavy atom. The number of hydrogen-bond acceptors (Lipinski definition) is 6. The van der Waals surface area contributed by atoms with Crippen LogP contribution in [0.5, 0.6) is 11.5 Å². The highest BCUT2D eigenvalue weighted by atomic mass is 35.5. The smallest absolute Gasteiger partial charge is 0.331 e. The number of carboxylic acids is 1. The van der Waals surface area contributed by atoms with E-state index in [4.69, 9.17) is 33.3 Å². The largest absolute Gasteiger partial charge is 0.490 e. The molecule has 0 radical (unpaired) electrons. The lowest BCUT2D eigenvalue weighted by molar-refractivity contribution is -0.145. The summed E-state index contributed by atoms with van der Waals surface area (Å²) in [5.41, 5.74) is 2.01. The van der Waals surface area contributed by atoms with Crippen LogP contribution in [-0.4, -0.2) is 32.8 Å². The number of ether oxygens (including phenoxy) is 2. The monoisotopic (exact) mass is 539 g/mol. The van der Waals surface area contributed by atoms with Crippen molar-refractivity contribution in [1.82, 2.24) is 4.90 Å². The van der Waals surface area contributed by atoms with Crippen molar-refractivity contribution in [2.45, 2.75) is 19.6 Å². The van der Waals surface area contributed by atoms with Gasteiger partial charge in [0.2, 0.25) is 0 Å². The van der Waals surface area contributed by atoms with E-state index in [9.17, 15) is 14.7 Å². The van der Waals surface area contributed by atoms with E-state index in [2.05, 4.69) is 0 Å². The summed E-state index contributed by atoms with van der Waals surface area (Å²) in [5.74, 6) is -0.561. The van der Waals surface area contributed by atoms with Crippen molar-refractivity contribution in [2.75, 3.05) is 6.61 Å². The Balaban J connectivity index is 1.58. The van der Waals surface area contributed by atoms with Crippen molar-refractivity contribution in [3.63, 3.8) is 0 Å². The molecule has 1 amide bonds. The molecule has 184 valence electrons. The molecule has 1 aliphatic heterocycles. The van der Waals surface area contributed by atoms with Gasteiger partial charge in [-0.25, -0.2) is 4.79 Å². The standard InChI is InChI=1S/C27H22ClNO5S2/c1-2-33-22-14-17(12-13-21(22)34-16-19-10-6-7-11-20(19)28)15-23-25(30)29(27(35)36-23)24(26(31)32)18-8-4-3-5-9-18/h3-15,24H,2,16H2,1H3,(H,31,32)/b23-15-/t24-/m1/s1. The molecule has 1 aliphatic rings. The fraction of sp³-hybridized carbons (Fsp3) is 0.148. The number of thiocarbonyl (C=S) groups is 1. The van der Waals surface area contributed by atoms with E-state index in [0.29, 0.717) is 39.2 Å². The van der Waals surface area contributed by atoms with Crippen LogP contribution in [0.2, 0.25) is 5.02 Å². The fourth-order valence-electron chi connectivity index (χ4n) is 3.66. The molecule has 0 bridgehead atoms. The van der Waals surface area contributed by atoms with E-state index in [-0.39, 0.29) is 10.9 Å². The number of carbonyl (C=O) groups is 2. The van der Waals surface area contributed by atoms with Gasteiger partial charge in [0, 0.05) is 10.6 Å². The molecule has 0 unspecified atom stereocenters.